The van der Waals surface area contributed by atoms with Gasteiger partial charge in [0.25, 0.3) is 0 Å². The zero-order valence-corrected chi connectivity index (χ0v) is 20.3. The fourth-order valence-corrected chi connectivity index (χ4v) is 3.78. The van der Waals surface area contributed by atoms with Gasteiger partial charge in [-0.05, 0) is 91.9 Å². The number of nitrogens with one attached hydrogen (secondary N) is 2. The highest BCUT2D eigenvalue weighted by atomic mass is 16.6. The van der Waals surface area contributed by atoms with Crippen molar-refractivity contribution in [1.29, 1.82) is 0 Å². The number of esters is 1. The molecule has 0 heterocycles. The van der Waals surface area contributed by atoms with Crippen molar-refractivity contribution in [2.75, 3.05) is 13.2 Å². The summed E-state index contributed by atoms with van der Waals surface area (Å²) in [4.78, 5) is 35.2. The minimum Gasteiger partial charge on any atom is -0.466 e. The third-order valence-corrected chi connectivity index (χ3v) is 5.12. The van der Waals surface area contributed by atoms with E-state index < -0.39 is 23.4 Å². The van der Waals surface area contributed by atoms with E-state index in [0.29, 0.717) is 31.4 Å². The van der Waals surface area contributed by atoms with Crippen LogP contribution in [0.25, 0.3) is 0 Å². The van der Waals surface area contributed by atoms with Gasteiger partial charge < -0.3 is 24.8 Å². The van der Waals surface area contributed by atoms with Crippen LogP contribution in [0.5, 0.6) is 0 Å². The average molecular weight is 443 g/mol. The molecule has 180 valence electrons. The molecule has 0 aliphatic heterocycles. The molecule has 0 radical (unpaired) electrons. The fraction of sp³-hybridized carbons (Fsp3) is 0.870. The van der Waals surface area contributed by atoms with Crippen molar-refractivity contribution in [2.45, 2.75) is 104 Å². The smallest absolute Gasteiger partial charge is 0.407 e. The first-order chi connectivity index (χ1) is 14.2. The molecule has 1 unspecified atom stereocenters. The van der Waals surface area contributed by atoms with Gasteiger partial charge in [0.1, 0.15) is 11.2 Å². The third-order valence-electron chi connectivity index (χ3n) is 5.12. The number of alkyl carbamates (subject to hydrolysis) is 2. The Morgan fingerprint density at radius 3 is 1.97 bits per heavy atom. The summed E-state index contributed by atoms with van der Waals surface area (Å²) < 4.78 is 15.8. The molecule has 0 saturated heterocycles. The first-order valence-electron chi connectivity index (χ1n) is 11.3. The number of hydrogen-bond donors (Lipinski definition) is 2. The molecular weight excluding hydrogens is 400 g/mol. The highest BCUT2D eigenvalue weighted by molar-refractivity contribution is 5.68. The second kappa shape index (κ2) is 12.2. The van der Waals surface area contributed by atoms with Gasteiger partial charge in [-0.3, -0.25) is 4.79 Å². The fourth-order valence-electron chi connectivity index (χ4n) is 3.78. The van der Waals surface area contributed by atoms with Gasteiger partial charge in [0, 0.05) is 19.5 Å². The number of carbonyl (C=O) groups is 3. The van der Waals surface area contributed by atoms with Crippen LogP contribution in [0.1, 0.15) is 87.0 Å². The Morgan fingerprint density at radius 2 is 1.45 bits per heavy atom. The normalized spacial score (nSPS) is 20.4. The SMILES string of the molecule is CC(=O)OCCC1CCC(C(CCNC(=O)OC(C)(C)C)NC(=O)OC(C)(C)C)CC1. The second-order valence-electron chi connectivity index (χ2n) is 10.4. The Labute approximate surface area is 187 Å². The molecule has 1 fully saturated rings. The van der Waals surface area contributed by atoms with E-state index in [1.807, 2.05) is 41.5 Å². The molecule has 2 N–H and O–H groups in total. The maximum atomic E-state index is 12.4. The van der Waals surface area contributed by atoms with Crippen molar-refractivity contribution in [3.8, 4) is 0 Å². The Hall–Kier alpha value is -1.99. The lowest BCUT2D eigenvalue weighted by atomic mass is 9.76. The first kappa shape index (κ1) is 27.0. The number of rotatable bonds is 8. The largest absolute Gasteiger partial charge is 0.466 e. The third kappa shape index (κ3) is 13.1. The molecule has 2 amide bonds. The molecule has 0 aromatic carbocycles. The van der Waals surface area contributed by atoms with Gasteiger partial charge in [0.15, 0.2) is 0 Å². The number of hydrogen-bond acceptors (Lipinski definition) is 6. The van der Waals surface area contributed by atoms with Gasteiger partial charge in [-0.1, -0.05) is 0 Å². The monoisotopic (exact) mass is 442 g/mol. The van der Waals surface area contributed by atoms with E-state index in [1.165, 1.54) is 6.92 Å². The predicted molar refractivity (Wildman–Crippen MR) is 119 cm³/mol. The molecule has 0 aromatic heterocycles. The highest BCUT2D eigenvalue weighted by Gasteiger charge is 2.30. The van der Waals surface area contributed by atoms with Crippen molar-refractivity contribution in [1.82, 2.24) is 10.6 Å². The van der Waals surface area contributed by atoms with E-state index >= 15 is 0 Å². The van der Waals surface area contributed by atoms with E-state index in [1.54, 1.807) is 0 Å². The lowest BCUT2D eigenvalue weighted by Gasteiger charge is -2.35. The Balaban J connectivity index is 2.59. The molecule has 1 rings (SSSR count). The van der Waals surface area contributed by atoms with Crippen molar-refractivity contribution in [2.24, 2.45) is 11.8 Å². The summed E-state index contributed by atoms with van der Waals surface area (Å²) in [6, 6.07) is -0.0980. The molecule has 1 atom stereocenters. The number of amides is 2. The summed E-state index contributed by atoms with van der Waals surface area (Å²) in [5, 5.41) is 5.79. The second-order valence-corrected chi connectivity index (χ2v) is 10.4. The lowest BCUT2D eigenvalue weighted by molar-refractivity contribution is -0.141. The van der Waals surface area contributed by atoms with Gasteiger partial charge in [0.2, 0.25) is 0 Å². The minimum atomic E-state index is -0.572. The topological polar surface area (TPSA) is 103 Å². The molecule has 8 heteroatoms. The van der Waals surface area contributed by atoms with E-state index in [9.17, 15) is 14.4 Å². The van der Waals surface area contributed by atoms with Crippen LogP contribution in [0.15, 0.2) is 0 Å². The van der Waals surface area contributed by atoms with Crippen molar-refractivity contribution in [3.05, 3.63) is 0 Å². The molecule has 0 spiro atoms. The summed E-state index contributed by atoms with van der Waals surface area (Å²) in [5.74, 6) is 0.586. The van der Waals surface area contributed by atoms with Crippen LogP contribution in [-0.4, -0.2) is 48.6 Å². The molecule has 8 nitrogen and oxygen atoms in total. The van der Waals surface area contributed by atoms with Crippen molar-refractivity contribution < 1.29 is 28.6 Å². The van der Waals surface area contributed by atoms with Gasteiger partial charge in [-0.15, -0.1) is 0 Å². The van der Waals surface area contributed by atoms with Crippen LogP contribution in [0, 0.1) is 11.8 Å². The zero-order chi connectivity index (χ0) is 23.7. The number of ether oxygens (including phenoxy) is 3. The van der Waals surface area contributed by atoms with E-state index in [0.717, 1.165) is 32.1 Å². The molecule has 1 aliphatic carbocycles. The summed E-state index contributed by atoms with van der Waals surface area (Å²) in [6.45, 7) is 13.2. The minimum absolute atomic E-state index is 0.0980. The average Bonchev–Trinajstić information content (AvgIpc) is 2.58. The van der Waals surface area contributed by atoms with Crippen molar-refractivity contribution in [3.63, 3.8) is 0 Å². The van der Waals surface area contributed by atoms with Crippen LogP contribution >= 0.6 is 0 Å². The Morgan fingerprint density at radius 1 is 0.903 bits per heavy atom. The van der Waals surface area contributed by atoms with E-state index in [2.05, 4.69) is 10.6 Å². The van der Waals surface area contributed by atoms with Crippen LogP contribution in [0.2, 0.25) is 0 Å². The predicted octanol–water partition coefficient (Wildman–Crippen LogP) is 4.55. The highest BCUT2D eigenvalue weighted by Crippen LogP contribution is 2.33. The Bertz CT molecular complexity index is 586. The van der Waals surface area contributed by atoms with Crippen molar-refractivity contribution >= 4 is 18.2 Å². The van der Waals surface area contributed by atoms with E-state index in [-0.39, 0.29) is 12.0 Å². The standard InChI is InChI=1S/C23H42N2O6/c1-16(26)29-15-13-17-8-10-18(11-9-17)19(25-21(28)31-23(5,6)7)12-14-24-20(27)30-22(2,3)4/h17-19H,8-15H2,1-7H3,(H,24,27)(H,25,28). The Kier molecular flexibility index (Phi) is 10.6. The van der Waals surface area contributed by atoms with Gasteiger partial charge in [-0.2, -0.15) is 0 Å². The first-order valence-corrected chi connectivity index (χ1v) is 11.3. The summed E-state index contributed by atoms with van der Waals surface area (Å²) >= 11 is 0. The molecular formula is C23H42N2O6. The van der Waals surface area contributed by atoms with Crippen LogP contribution in [0.3, 0.4) is 0 Å². The van der Waals surface area contributed by atoms with Gasteiger partial charge in [-0.25, -0.2) is 9.59 Å². The molecule has 1 saturated carbocycles. The zero-order valence-electron chi connectivity index (χ0n) is 20.3. The summed E-state index contributed by atoms with van der Waals surface area (Å²) in [5.41, 5.74) is -1.12. The summed E-state index contributed by atoms with van der Waals surface area (Å²) in [7, 11) is 0. The van der Waals surface area contributed by atoms with Crippen LogP contribution in [-0.2, 0) is 19.0 Å². The molecule has 31 heavy (non-hydrogen) atoms. The summed E-state index contributed by atoms with van der Waals surface area (Å²) in [6.07, 6.45) is 4.56. The maximum absolute atomic E-state index is 12.4. The lowest BCUT2D eigenvalue weighted by Crippen LogP contribution is -2.46. The molecule has 1 aliphatic rings. The van der Waals surface area contributed by atoms with Gasteiger partial charge >= 0.3 is 18.2 Å². The van der Waals surface area contributed by atoms with Crippen LogP contribution < -0.4 is 10.6 Å². The maximum Gasteiger partial charge on any atom is 0.407 e. The van der Waals surface area contributed by atoms with E-state index in [4.69, 9.17) is 14.2 Å². The quantitative estimate of drug-likeness (QED) is 0.422. The molecule has 0 bridgehead atoms. The number of carbonyl (C=O) groups excluding carboxylic acids is 3. The van der Waals surface area contributed by atoms with Gasteiger partial charge in [0.05, 0.1) is 6.61 Å². The van der Waals surface area contributed by atoms with Crippen LogP contribution in [0.4, 0.5) is 9.59 Å². The molecule has 0 aromatic rings.